The van der Waals surface area contributed by atoms with Crippen LogP contribution in [0.3, 0.4) is 0 Å². The zero-order valence-corrected chi connectivity index (χ0v) is 7.70. The molecule has 0 spiro atoms. The Kier molecular flexibility index (Phi) is 2.47. The molecular formula is C8H14N2O2. The average Bonchev–Trinajstić information content (AvgIpc) is 1.82. The van der Waals surface area contributed by atoms with E-state index in [1.807, 2.05) is 13.8 Å². The molecule has 1 aliphatic heterocycles. The van der Waals surface area contributed by atoms with Gasteiger partial charge in [-0.15, -0.1) is 0 Å². The van der Waals surface area contributed by atoms with Crippen molar-refractivity contribution in [1.82, 2.24) is 9.80 Å². The monoisotopic (exact) mass is 170 g/mol. The molecule has 0 aromatic rings. The molecule has 0 atom stereocenters. The lowest BCUT2D eigenvalue weighted by Gasteiger charge is -2.32. The van der Waals surface area contributed by atoms with Crippen molar-refractivity contribution in [2.75, 3.05) is 20.1 Å². The van der Waals surface area contributed by atoms with Crippen molar-refractivity contribution in [3.05, 3.63) is 0 Å². The second-order valence-electron chi connectivity index (χ2n) is 3.42. The summed E-state index contributed by atoms with van der Waals surface area (Å²) in [7, 11) is 1.77. The van der Waals surface area contributed by atoms with Gasteiger partial charge in [0.05, 0.1) is 13.1 Å². The summed E-state index contributed by atoms with van der Waals surface area (Å²) in [5, 5.41) is 0. The number of likely N-dealkylation sites (N-methyl/N-ethyl adjacent to an activating group) is 1. The lowest BCUT2D eigenvalue weighted by molar-refractivity contribution is -0.152. The normalized spacial score (nSPS) is 20.8. The van der Waals surface area contributed by atoms with Crippen LogP contribution >= 0.6 is 0 Å². The van der Waals surface area contributed by atoms with E-state index in [9.17, 15) is 9.59 Å². The first-order chi connectivity index (χ1) is 5.52. The Morgan fingerprint density at radius 2 is 1.58 bits per heavy atom. The molecular weight excluding hydrogens is 156 g/mol. The van der Waals surface area contributed by atoms with Gasteiger partial charge in [0.15, 0.2) is 0 Å². The molecule has 4 nitrogen and oxygen atoms in total. The molecule has 1 fully saturated rings. The summed E-state index contributed by atoms with van der Waals surface area (Å²) in [5.74, 6) is -0.187. The molecule has 1 saturated heterocycles. The van der Waals surface area contributed by atoms with E-state index in [0.29, 0.717) is 13.1 Å². The van der Waals surface area contributed by atoms with Crippen molar-refractivity contribution in [2.45, 2.75) is 19.9 Å². The van der Waals surface area contributed by atoms with Crippen LogP contribution in [-0.4, -0.2) is 47.8 Å². The first-order valence-electron chi connectivity index (χ1n) is 4.06. The van der Waals surface area contributed by atoms with Gasteiger partial charge in [0.25, 0.3) is 0 Å². The zero-order chi connectivity index (χ0) is 9.30. The van der Waals surface area contributed by atoms with Gasteiger partial charge in [0, 0.05) is 6.04 Å². The van der Waals surface area contributed by atoms with Crippen molar-refractivity contribution < 1.29 is 9.59 Å². The summed E-state index contributed by atoms with van der Waals surface area (Å²) >= 11 is 0. The van der Waals surface area contributed by atoms with Crippen molar-refractivity contribution >= 4 is 11.8 Å². The lowest BCUT2D eigenvalue weighted by Crippen LogP contribution is -2.55. The third kappa shape index (κ3) is 1.64. The van der Waals surface area contributed by atoms with Crippen LogP contribution in [0.1, 0.15) is 13.8 Å². The maximum absolute atomic E-state index is 11.3. The van der Waals surface area contributed by atoms with Gasteiger partial charge in [-0.3, -0.25) is 19.4 Å². The SMILES string of the molecule is CC(C)N1C(=O)CN(C)CC1=O. The van der Waals surface area contributed by atoms with Crippen LogP contribution in [0.25, 0.3) is 0 Å². The van der Waals surface area contributed by atoms with Crippen LogP contribution in [-0.2, 0) is 9.59 Å². The number of rotatable bonds is 1. The van der Waals surface area contributed by atoms with Crippen molar-refractivity contribution in [3.8, 4) is 0 Å². The summed E-state index contributed by atoms with van der Waals surface area (Å²) in [4.78, 5) is 25.7. The van der Waals surface area contributed by atoms with Crippen LogP contribution in [0.15, 0.2) is 0 Å². The highest BCUT2D eigenvalue weighted by molar-refractivity contribution is 5.99. The average molecular weight is 170 g/mol. The van der Waals surface area contributed by atoms with Crippen molar-refractivity contribution in [1.29, 1.82) is 0 Å². The predicted molar refractivity (Wildman–Crippen MR) is 44.5 cm³/mol. The Balaban J connectivity index is 2.74. The van der Waals surface area contributed by atoms with Crippen LogP contribution in [0.5, 0.6) is 0 Å². The first kappa shape index (κ1) is 9.19. The molecule has 1 aliphatic rings. The van der Waals surface area contributed by atoms with Gasteiger partial charge in [-0.05, 0) is 20.9 Å². The van der Waals surface area contributed by atoms with Crippen molar-refractivity contribution in [2.24, 2.45) is 0 Å². The van der Waals surface area contributed by atoms with E-state index in [1.165, 1.54) is 4.90 Å². The summed E-state index contributed by atoms with van der Waals surface area (Å²) in [5.41, 5.74) is 0. The number of hydrogen-bond donors (Lipinski definition) is 0. The van der Waals surface area contributed by atoms with Gasteiger partial charge >= 0.3 is 0 Å². The van der Waals surface area contributed by atoms with E-state index in [0.717, 1.165) is 0 Å². The third-order valence-electron chi connectivity index (χ3n) is 1.86. The minimum absolute atomic E-state index is 0.0151. The van der Waals surface area contributed by atoms with E-state index in [-0.39, 0.29) is 17.9 Å². The van der Waals surface area contributed by atoms with E-state index >= 15 is 0 Å². The van der Waals surface area contributed by atoms with Crippen LogP contribution in [0, 0.1) is 0 Å². The number of carbonyl (C=O) groups excluding carboxylic acids is 2. The zero-order valence-electron chi connectivity index (χ0n) is 7.70. The maximum Gasteiger partial charge on any atom is 0.243 e. The Labute approximate surface area is 72.1 Å². The number of piperazine rings is 1. The molecule has 0 bridgehead atoms. The minimum atomic E-state index is -0.0937. The minimum Gasteiger partial charge on any atom is -0.289 e. The summed E-state index contributed by atoms with van der Waals surface area (Å²) in [6.45, 7) is 4.40. The molecule has 0 saturated carbocycles. The third-order valence-corrected chi connectivity index (χ3v) is 1.86. The first-order valence-corrected chi connectivity index (χ1v) is 4.06. The largest absolute Gasteiger partial charge is 0.289 e. The van der Waals surface area contributed by atoms with Gasteiger partial charge in [0.1, 0.15) is 0 Å². The van der Waals surface area contributed by atoms with Crippen LogP contribution < -0.4 is 0 Å². The molecule has 0 aliphatic carbocycles. The topological polar surface area (TPSA) is 40.6 Å². The van der Waals surface area contributed by atoms with Crippen molar-refractivity contribution in [3.63, 3.8) is 0 Å². The molecule has 0 unspecified atom stereocenters. The lowest BCUT2D eigenvalue weighted by atomic mass is 10.2. The van der Waals surface area contributed by atoms with Gasteiger partial charge < -0.3 is 0 Å². The predicted octanol–water partition coefficient (Wildman–Crippen LogP) is -0.305. The molecule has 0 radical (unpaired) electrons. The molecule has 0 aromatic heterocycles. The maximum atomic E-state index is 11.3. The highest BCUT2D eigenvalue weighted by atomic mass is 16.2. The molecule has 4 heteroatoms. The summed E-state index contributed by atoms with van der Waals surface area (Å²) < 4.78 is 0. The number of hydrogen-bond acceptors (Lipinski definition) is 3. The Hall–Kier alpha value is -0.900. The molecule has 68 valence electrons. The van der Waals surface area contributed by atoms with E-state index in [4.69, 9.17) is 0 Å². The number of nitrogens with zero attached hydrogens (tertiary/aromatic N) is 2. The standard InChI is InChI=1S/C8H14N2O2/c1-6(2)10-7(11)4-9(3)5-8(10)12/h6H,4-5H2,1-3H3. The molecule has 1 heterocycles. The van der Waals surface area contributed by atoms with Crippen LogP contribution in [0.2, 0.25) is 0 Å². The van der Waals surface area contributed by atoms with Gasteiger partial charge in [0.2, 0.25) is 11.8 Å². The molecule has 1 rings (SSSR count). The fourth-order valence-corrected chi connectivity index (χ4v) is 1.39. The Bertz CT molecular complexity index is 195. The van der Waals surface area contributed by atoms with Gasteiger partial charge in [-0.25, -0.2) is 0 Å². The van der Waals surface area contributed by atoms with Gasteiger partial charge in [-0.1, -0.05) is 0 Å². The highest BCUT2D eigenvalue weighted by Crippen LogP contribution is 2.06. The van der Waals surface area contributed by atoms with Gasteiger partial charge in [-0.2, -0.15) is 0 Å². The molecule has 0 aromatic carbocycles. The summed E-state index contributed by atoms with van der Waals surface area (Å²) in [6.07, 6.45) is 0. The number of imide groups is 1. The quantitative estimate of drug-likeness (QED) is 0.507. The summed E-state index contributed by atoms with van der Waals surface area (Å²) in [6, 6.07) is -0.0151. The second kappa shape index (κ2) is 3.23. The number of amides is 2. The number of carbonyl (C=O) groups is 2. The Morgan fingerprint density at radius 1 is 1.17 bits per heavy atom. The smallest absolute Gasteiger partial charge is 0.243 e. The van der Waals surface area contributed by atoms with E-state index < -0.39 is 0 Å². The Morgan fingerprint density at radius 3 is 1.92 bits per heavy atom. The molecule has 0 N–H and O–H groups in total. The van der Waals surface area contributed by atoms with Crippen LogP contribution in [0.4, 0.5) is 0 Å². The molecule has 12 heavy (non-hydrogen) atoms. The second-order valence-corrected chi connectivity index (χ2v) is 3.42. The van der Waals surface area contributed by atoms with E-state index in [2.05, 4.69) is 0 Å². The molecule has 2 amide bonds. The fourth-order valence-electron chi connectivity index (χ4n) is 1.39. The highest BCUT2D eigenvalue weighted by Gasteiger charge is 2.30. The fraction of sp³-hybridized carbons (Fsp3) is 0.750. The van der Waals surface area contributed by atoms with E-state index in [1.54, 1.807) is 11.9 Å².